The number of Topliss-reactive ketones (excluding diaryl/α,β-unsaturated/α-hetero) is 1. The number of nitrogens with one attached hydrogen (secondary N) is 1. The van der Waals surface area contributed by atoms with Crippen molar-refractivity contribution >= 4 is 35.0 Å². The fourth-order valence-electron chi connectivity index (χ4n) is 1.38. The van der Waals surface area contributed by atoms with Crippen molar-refractivity contribution in [2.75, 3.05) is 7.05 Å². The maximum atomic E-state index is 12.0. The maximum absolute atomic E-state index is 12.0. The Balaban J connectivity index is 2.97. The third-order valence-corrected chi connectivity index (χ3v) is 2.79. The van der Waals surface area contributed by atoms with Crippen LogP contribution in [0.2, 0.25) is 10.0 Å². The van der Waals surface area contributed by atoms with Crippen LogP contribution in [-0.2, 0) is 4.79 Å². The minimum absolute atomic E-state index is 0.216. The molecule has 17 heavy (non-hydrogen) atoms. The summed E-state index contributed by atoms with van der Waals surface area (Å²) >= 11 is 11.6. The van der Waals surface area contributed by atoms with Crippen molar-refractivity contribution in [1.29, 1.82) is 0 Å². The summed E-state index contributed by atoms with van der Waals surface area (Å²) in [4.78, 5) is 22.6. The Labute approximate surface area is 109 Å². The summed E-state index contributed by atoms with van der Waals surface area (Å²) in [5.41, 5.74) is 0.261. The van der Waals surface area contributed by atoms with Gasteiger partial charge in [0.25, 0.3) is 0 Å². The first-order valence-corrected chi connectivity index (χ1v) is 5.59. The number of carbonyl (C=O) groups excluding carboxylic acids is 1. The molecule has 0 aromatic heterocycles. The minimum atomic E-state index is -1.05. The summed E-state index contributed by atoms with van der Waals surface area (Å²) in [7, 11) is 1.52. The van der Waals surface area contributed by atoms with E-state index in [0.717, 1.165) is 0 Å². The molecule has 1 atom stereocenters. The van der Waals surface area contributed by atoms with Gasteiger partial charge < -0.3 is 10.4 Å². The molecule has 1 aromatic rings. The summed E-state index contributed by atoms with van der Waals surface area (Å²) < 4.78 is 0. The Kier molecular flexibility index (Phi) is 4.93. The molecule has 0 saturated heterocycles. The standard InChI is InChI=1S/C11H11Cl2NO3/c1-14-9(5-10(15)16)11(17)7-3-2-6(12)4-8(7)13/h2-4,9,14H,5H2,1H3,(H,15,16). The number of carbonyl (C=O) groups is 2. The zero-order chi connectivity index (χ0) is 13.0. The Morgan fingerprint density at radius 1 is 1.41 bits per heavy atom. The first-order valence-electron chi connectivity index (χ1n) is 4.84. The van der Waals surface area contributed by atoms with Gasteiger partial charge in [-0.25, -0.2) is 0 Å². The summed E-state index contributed by atoms with van der Waals surface area (Å²) in [6.45, 7) is 0. The molecule has 1 unspecified atom stereocenters. The van der Waals surface area contributed by atoms with Crippen LogP contribution in [0.4, 0.5) is 0 Å². The van der Waals surface area contributed by atoms with Gasteiger partial charge in [0, 0.05) is 10.6 Å². The van der Waals surface area contributed by atoms with Crippen molar-refractivity contribution in [2.24, 2.45) is 0 Å². The zero-order valence-corrected chi connectivity index (χ0v) is 10.5. The molecule has 0 aliphatic carbocycles. The van der Waals surface area contributed by atoms with Crippen molar-refractivity contribution in [3.05, 3.63) is 33.8 Å². The van der Waals surface area contributed by atoms with Gasteiger partial charge in [0.05, 0.1) is 17.5 Å². The lowest BCUT2D eigenvalue weighted by Crippen LogP contribution is -2.36. The third-order valence-electron chi connectivity index (χ3n) is 2.24. The number of halogens is 2. The smallest absolute Gasteiger partial charge is 0.305 e. The molecule has 0 aliphatic heterocycles. The van der Waals surface area contributed by atoms with E-state index in [9.17, 15) is 9.59 Å². The number of likely N-dealkylation sites (N-methyl/N-ethyl adjacent to an activating group) is 1. The average Bonchev–Trinajstić information content (AvgIpc) is 2.24. The van der Waals surface area contributed by atoms with Gasteiger partial charge in [0.1, 0.15) is 0 Å². The Bertz CT molecular complexity index is 448. The fourth-order valence-corrected chi connectivity index (χ4v) is 1.88. The van der Waals surface area contributed by atoms with Gasteiger partial charge in [-0.15, -0.1) is 0 Å². The molecular formula is C11H11Cl2NO3. The molecule has 4 nitrogen and oxygen atoms in total. The molecule has 6 heteroatoms. The normalized spacial score (nSPS) is 12.2. The van der Waals surface area contributed by atoms with Gasteiger partial charge in [0.15, 0.2) is 5.78 Å². The molecule has 0 aliphatic rings. The second-order valence-corrected chi connectivity index (χ2v) is 4.27. The maximum Gasteiger partial charge on any atom is 0.305 e. The summed E-state index contributed by atoms with van der Waals surface area (Å²) in [5.74, 6) is -1.42. The van der Waals surface area contributed by atoms with Gasteiger partial charge in [-0.1, -0.05) is 23.2 Å². The van der Waals surface area contributed by atoms with E-state index in [1.54, 1.807) is 0 Å². The average molecular weight is 276 g/mol. The van der Waals surface area contributed by atoms with Gasteiger partial charge in [-0.05, 0) is 25.2 Å². The third kappa shape index (κ3) is 3.70. The lowest BCUT2D eigenvalue weighted by Gasteiger charge is -2.13. The van der Waals surface area contributed by atoms with E-state index in [1.807, 2.05) is 0 Å². The number of ketones is 1. The summed E-state index contributed by atoms with van der Waals surface area (Å²) in [6, 6.07) is 3.67. The van der Waals surface area contributed by atoms with Gasteiger partial charge >= 0.3 is 5.97 Å². The number of benzene rings is 1. The van der Waals surface area contributed by atoms with E-state index >= 15 is 0 Å². The number of carboxylic acid groups (broad SMARTS) is 1. The van der Waals surface area contributed by atoms with Crippen LogP contribution in [-0.4, -0.2) is 29.9 Å². The van der Waals surface area contributed by atoms with Crippen LogP contribution in [0.25, 0.3) is 0 Å². The van der Waals surface area contributed by atoms with Gasteiger partial charge in [-0.2, -0.15) is 0 Å². The quantitative estimate of drug-likeness (QED) is 0.809. The fraction of sp³-hybridized carbons (Fsp3) is 0.273. The molecule has 0 spiro atoms. The van der Waals surface area contributed by atoms with Crippen LogP contribution < -0.4 is 5.32 Å². The molecule has 0 saturated carbocycles. The molecule has 0 radical (unpaired) electrons. The number of hydrogen-bond donors (Lipinski definition) is 2. The lowest BCUT2D eigenvalue weighted by atomic mass is 10.0. The van der Waals surface area contributed by atoms with Crippen molar-refractivity contribution < 1.29 is 14.7 Å². The van der Waals surface area contributed by atoms with Crippen molar-refractivity contribution in [3.63, 3.8) is 0 Å². The first kappa shape index (κ1) is 14.0. The molecule has 2 N–H and O–H groups in total. The number of rotatable bonds is 5. The van der Waals surface area contributed by atoms with Crippen LogP contribution in [0.15, 0.2) is 18.2 Å². The Morgan fingerprint density at radius 3 is 2.53 bits per heavy atom. The highest BCUT2D eigenvalue weighted by atomic mass is 35.5. The second-order valence-electron chi connectivity index (χ2n) is 3.43. The molecule has 0 bridgehead atoms. The molecular weight excluding hydrogens is 265 g/mol. The predicted octanol–water partition coefficient (Wildman–Crippen LogP) is 2.24. The SMILES string of the molecule is CNC(CC(=O)O)C(=O)c1ccc(Cl)cc1Cl. The molecule has 0 amide bonds. The Morgan fingerprint density at radius 2 is 2.06 bits per heavy atom. The van der Waals surface area contributed by atoms with Crippen molar-refractivity contribution in [1.82, 2.24) is 5.32 Å². The van der Waals surface area contributed by atoms with Gasteiger partial charge in [-0.3, -0.25) is 9.59 Å². The topological polar surface area (TPSA) is 66.4 Å². The van der Waals surface area contributed by atoms with Crippen LogP contribution in [0.5, 0.6) is 0 Å². The predicted molar refractivity (Wildman–Crippen MR) is 65.9 cm³/mol. The molecule has 0 fully saturated rings. The van der Waals surface area contributed by atoms with E-state index in [4.69, 9.17) is 28.3 Å². The highest BCUT2D eigenvalue weighted by Gasteiger charge is 2.23. The van der Waals surface area contributed by atoms with Crippen molar-refractivity contribution in [3.8, 4) is 0 Å². The highest BCUT2D eigenvalue weighted by molar-refractivity contribution is 6.37. The number of aliphatic carboxylic acids is 1. The monoisotopic (exact) mass is 275 g/mol. The van der Waals surface area contributed by atoms with E-state index in [-0.39, 0.29) is 22.8 Å². The van der Waals surface area contributed by atoms with E-state index in [1.165, 1.54) is 25.2 Å². The van der Waals surface area contributed by atoms with Crippen LogP contribution in [0.1, 0.15) is 16.8 Å². The van der Waals surface area contributed by atoms with Crippen LogP contribution >= 0.6 is 23.2 Å². The van der Waals surface area contributed by atoms with Crippen LogP contribution in [0, 0.1) is 0 Å². The Hall–Kier alpha value is -1.10. The summed E-state index contributed by atoms with van der Waals surface area (Å²) in [6.07, 6.45) is -0.297. The van der Waals surface area contributed by atoms with E-state index < -0.39 is 12.0 Å². The van der Waals surface area contributed by atoms with E-state index in [0.29, 0.717) is 5.02 Å². The van der Waals surface area contributed by atoms with Gasteiger partial charge in [0.2, 0.25) is 0 Å². The molecule has 1 aromatic carbocycles. The zero-order valence-electron chi connectivity index (χ0n) is 9.04. The minimum Gasteiger partial charge on any atom is -0.481 e. The number of carboxylic acids is 1. The number of hydrogen-bond acceptors (Lipinski definition) is 3. The second kappa shape index (κ2) is 6.00. The first-order chi connectivity index (χ1) is 7.95. The van der Waals surface area contributed by atoms with E-state index in [2.05, 4.69) is 5.32 Å². The molecule has 0 heterocycles. The summed E-state index contributed by atoms with van der Waals surface area (Å²) in [5, 5.41) is 12.0. The largest absolute Gasteiger partial charge is 0.481 e. The molecule has 1 rings (SSSR count). The van der Waals surface area contributed by atoms with Crippen LogP contribution in [0.3, 0.4) is 0 Å². The van der Waals surface area contributed by atoms with Crippen molar-refractivity contribution in [2.45, 2.75) is 12.5 Å². The molecule has 92 valence electrons. The lowest BCUT2D eigenvalue weighted by molar-refractivity contribution is -0.137. The highest BCUT2D eigenvalue weighted by Crippen LogP contribution is 2.22.